The summed E-state index contributed by atoms with van der Waals surface area (Å²) >= 11 is 0. The van der Waals surface area contributed by atoms with E-state index < -0.39 is 0 Å². The molecule has 5 rings (SSSR count). The van der Waals surface area contributed by atoms with E-state index in [9.17, 15) is 0 Å². The molecular weight excluding hydrogens is 1560 g/mol. The van der Waals surface area contributed by atoms with Crippen molar-refractivity contribution in [1.29, 1.82) is 0 Å². The van der Waals surface area contributed by atoms with Crippen LogP contribution in [-0.4, -0.2) is 0 Å². The Bertz CT molecular complexity index is 3830. The lowest BCUT2D eigenvalue weighted by molar-refractivity contribution is 0.570. The predicted molar refractivity (Wildman–Crippen MR) is 577 cm³/mol. The third-order valence-electron chi connectivity index (χ3n) is 27.3. The van der Waals surface area contributed by atoms with Crippen LogP contribution in [0.15, 0.2) is 60.7 Å². The SMILES string of the molecule is CC#Cc1cc(CCCCCCCCCC)c(CCCCCCCCCC)cc1C#Cc1cc(C#Cc2cc(CCCCCCCCCC)c(CCCCCCCCCC)cc2C#CC)c(C#Cc2cc(CCCCCCCCCC)c(CCCCCCCCCC)cc2C#CC)cc1C#Cc1cc(CCCCCCCCCC)c(CCCCCCCCCC)cc1C#CC. The van der Waals surface area contributed by atoms with Gasteiger partial charge in [0.15, 0.2) is 0 Å². The third kappa shape index (κ3) is 50.6. The average Bonchev–Trinajstić information content (AvgIpc) is 0.777. The lowest BCUT2D eigenvalue weighted by Crippen LogP contribution is -2.01. The standard InChI is InChI=1S/C130H190/c1-13-25-33-41-49-57-65-73-85-115-101-111(81-21-9)123(105-119(115)89-77-69-61-53-45-37-29-17-5)93-97-127-109-129(99-95-125-107-121(91-79-71-63-55-47-39-31-19-7)117(103-113(125)83-23-11)87-75-67-59-51-43-35-27-15-3)130(100-96-126-108-122(92-80-72-64-56-48-40-32-20-8)118(104-114(126)84-24-12)88-76-68-60-52-44-36-28-16-4)110-128(127)98-94-124-106-120(90-78-70-62-54-46-38-30-18-6)116(102-112(124)82-22-10)86-74-66-58-50-42-34-26-14-2/h101-110H,13-20,25-80,85-92H2,1-12H3. The molecule has 0 spiro atoms. The van der Waals surface area contributed by atoms with Gasteiger partial charge in [0.1, 0.15) is 0 Å². The third-order valence-corrected chi connectivity index (χ3v) is 27.3. The van der Waals surface area contributed by atoms with Crippen molar-refractivity contribution < 1.29 is 0 Å². The maximum Gasteiger partial charge on any atom is 0.0419 e. The van der Waals surface area contributed by atoms with Gasteiger partial charge in [0.2, 0.25) is 0 Å². The van der Waals surface area contributed by atoms with E-state index >= 15 is 0 Å². The molecule has 5 aromatic rings. The number of hydrogen-bond acceptors (Lipinski definition) is 0. The van der Waals surface area contributed by atoms with Crippen molar-refractivity contribution in [3.8, 4) is 94.7 Å². The summed E-state index contributed by atoms with van der Waals surface area (Å²) in [4.78, 5) is 0. The van der Waals surface area contributed by atoms with Crippen molar-refractivity contribution in [2.24, 2.45) is 0 Å². The van der Waals surface area contributed by atoms with Gasteiger partial charge in [-0.25, -0.2) is 0 Å². The molecule has 0 aliphatic heterocycles. The Hall–Kier alpha value is -7.42. The molecule has 0 atom stereocenters. The second-order valence-electron chi connectivity index (χ2n) is 38.9. The second kappa shape index (κ2) is 78.0. The summed E-state index contributed by atoms with van der Waals surface area (Å²) in [5, 5.41) is 0. The number of benzene rings is 5. The van der Waals surface area contributed by atoms with Gasteiger partial charge in [-0.1, -0.05) is 486 Å². The van der Waals surface area contributed by atoms with Crippen LogP contribution in [0, 0.1) is 94.7 Å². The molecule has 0 aromatic heterocycles. The normalized spacial score (nSPS) is 10.8. The number of aryl methyl sites for hydroxylation is 8. The highest BCUT2D eigenvalue weighted by Gasteiger charge is 2.17. The molecule has 0 heteroatoms. The average molecular weight is 1750 g/mol. The molecule has 710 valence electrons. The zero-order valence-electron chi connectivity index (χ0n) is 86.7. The lowest BCUT2D eigenvalue weighted by atomic mass is 9.90. The Morgan fingerprint density at radius 3 is 0.315 bits per heavy atom. The molecule has 0 amide bonds. The minimum Gasteiger partial charge on any atom is -0.101 e. The maximum atomic E-state index is 3.94. The number of unbranched alkanes of at least 4 members (excludes halogenated alkanes) is 56. The first-order valence-electron chi connectivity index (χ1n) is 55.8. The van der Waals surface area contributed by atoms with Crippen molar-refractivity contribution in [2.45, 2.75) is 545 Å². The van der Waals surface area contributed by atoms with Crippen molar-refractivity contribution in [3.63, 3.8) is 0 Å². The Labute approximate surface area is 806 Å². The summed E-state index contributed by atoms with van der Waals surface area (Å²) in [6.07, 6.45) is 92.0. The molecule has 0 unspecified atom stereocenters. The molecule has 130 heavy (non-hydrogen) atoms. The first-order valence-corrected chi connectivity index (χ1v) is 55.8. The van der Waals surface area contributed by atoms with Gasteiger partial charge >= 0.3 is 0 Å². The topological polar surface area (TPSA) is 0 Å². The van der Waals surface area contributed by atoms with Crippen LogP contribution in [0.4, 0.5) is 0 Å². The van der Waals surface area contributed by atoms with Crippen LogP contribution in [-0.2, 0) is 51.4 Å². The summed E-state index contributed by atoms with van der Waals surface area (Å²) in [5.74, 6) is 59.6. The fourth-order valence-electron chi connectivity index (χ4n) is 19.1. The highest BCUT2D eigenvalue weighted by atomic mass is 14.2. The molecule has 0 nitrogen and oxygen atoms in total. The van der Waals surface area contributed by atoms with E-state index in [2.05, 4.69) is 211 Å². The Kier molecular flexibility index (Phi) is 67.8. The first-order chi connectivity index (χ1) is 64.1. The molecular formula is C130H190. The van der Waals surface area contributed by atoms with Crippen molar-refractivity contribution >= 4 is 0 Å². The summed E-state index contributed by atoms with van der Waals surface area (Å²) < 4.78 is 0. The van der Waals surface area contributed by atoms with Crippen LogP contribution in [0.1, 0.15) is 605 Å². The molecule has 0 fully saturated rings. The zero-order valence-corrected chi connectivity index (χ0v) is 86.7. The Morgan fingerprint density at radius 1 is 0.115 bits per heavy atom. The monoisotopic (exact) mass is 1750 g/mol. The predicted octanol–water partition coefficient (Wildman–Crippen LogP) is 38.2. The van der Waals surface area contributed by atoms with Crippen LogP contribution >= 0.6 is 0 Å². The van der Waals surface area contributed by atoms with Gasteiger partial charge in [-0.3, -0.25) is 0 Å². The molecule has 0 aliphatic carbocycles. The van der Waals surface area contributed by atoms with E-state index in [0.29, 0.717) is 0 Å². The van der Waals surface area contributed by atoms with E-state index in [4.69, 9.17) is 0 Å². The minimum absolute atomic E-state index is 0.846. The highest BCUT2D eigenvalue weighted by Crippen LogP contribution is 2.31. The molecule has 0 saturated heterocycles. The van der Waals surface area contributed by atoms with E-state index in [-0.39, 0.29) is 0 Å². The van der Waals surface area contributed by atoms with Gasteiger partial charge in [-0.2, -0.15) is 0 Å². The van der Waals surface area contributed by atoms with Crippen LogP contribution in [0.3, 0.4) is 0 Å². The largest absolute Gasteiger partial charge is 0.101 e. The zero-order chi connectivity index (χ0) is 92.8. The maximum absolute atomic E-state index is 3.94. The van der Waals surface area contributed by atoms with Crippen molar-refractivity contribution in [1.82, 2.24) is 0 Å². The quantitative estimate of drug-likeness (QED) is 0.0269. The Balaban J connectivity index is 1.94. The molecule has 0 heterocycles. The lowest BCUT2D eigenvalue weighted by Gasteiger charge is -2.13. The van der Waals surface area contributed by atoms with Gasteiger partial charge in [0.25, 0.3) is 0 Å². The van der Waals surface area contributed by atoms with E-state index in [0.717, 1.165) is 118 Å². The van der Waals surface area contributed by atoms with E-state index in [1.54, 1.807) is 0 Å². The van der Waals surface area contributed by atoms with Crippen molar-refractivity contribution in [3.05, 3.63) is 172 Å². The summed E-state index contributed by atoms with van der Waals surface area (Å²) in [6.45, 7) is 26.6. The first kappa shape index (κ1) is 113. The number of hydrogen-bond donors (Lipinski definition) is 0. The summed E-state index contributed by atoms with van der Waals surface area (Å²) in [7, 11) is 0. The highest BCUT2D eigenvalue weighted by molar-refractivity contribution is 5.68. The van der Waals surface area contributed by atoms with E-state index in [1.807, 2.05) is 27.7 Å². The van der Waals surface area contributed by atoms with Crippen LogP contribution < -0.4 is 0 Å². The van der Waals surface area contributed by atoms with Crippen LogP contribution in [0.5, 0.6) is 0 Å². The van der Waals surface area contributed by atoms with Crippen LogP contribution in [0.25, 0.3) is 0 Å². The summed E-state index contributed by atoms with van der Waals surface area (Å²) in [6, 6.07) is 24.1. The molecule has 0 saturated carbocycles. The fourth-order valence-corrected chi connectivity index (χ4v) is 19.1. The van der Waals surface area contributed by atoms with Gasteiger partial charge in [-0.05, 0) is 236 Å². The van der Waals surface area contributed by atoms with Crippen molar-refractivity contribution in [2.75, 3.05) is 0 Å². The molecule has 5 aromatic carbocycles. The van der Waals surface area contributed by atoms with Gasteiger partial charge < -0.3 is 0 Å². The molecule has 0 N–H and O–H groups in total. The van der Waals surface area contributed by atoms with Gasteiger partial charge in [0, 0.05) is 66.8 Å². The smallest absolute Gasteiger partial charge is 0.0419 e. The van der Waals surface area contributed by atoms with Gasteiger partial charge in [-0.15, -0.1) is 23.7 Å². The minimum atomic E-state index is 0.846. The van der Waals surface area contributed by atoms with E-state index in [1.165, 1.54) is 455 Å². The molecule has 0 bridgehead atoms. The molecule has 0 radical (unpaired) electrons. The Morgan fingerprint density at radius 2 is 0.208 bits per heavy atom. The molecule has 0 aliphatic rings. The second-order valence-corrected chi connectivity index (χ2v) is 38.9. The summed E-state index contributed by atoms with van der Waals surface area (Å²) in [5.41, 5.74) is 23.1. The van der Waals surface area contributed by atoms with Crippen LogP contribution in [0.2, 0.25) is 0 Å². The fraction of sp³-hybridized carbons (Fsp3) is 0.646. The number of rotatable bonds is 72. The van der Waals surface area contributed by atoms with Gasteiger partial charge in [0.05, 0.1) is 0 Å².